The lowest BCUT2D eigenvalue weighted by atomic mass is 9.82. The first-order valence-corrected chi connectivity index (χ1v) is 6.79. The summed E-state index contributed by atoms with van der Waals surface area (Å²) < 4.78 is 0. The molecule has 0 aromatic heterocycles. The minimum atomic E-state index is 0.602. The van der Waals surface area contributed by atoms with Crippen molar-refractivity contribution in [3.63, 3.8) is 0 Å². The van der Waals surface area contributed by atoms with Crippen molar-refractivity contribution >= 4 is 0 Å². The van der Waals surface area contributed by atoms with Gasteiger partial charge in [-0.1, -0.05) is 39.5 Å². The molecule has 0 saturated carbocycles. The van der Waals surface area contributed by atoms with E-state index in [0.717, 1.165) is 0 Å². The molecule has 0 atom stereocenters. The van der Waals surface area contributed by atoms with E-state index in [9.17, 15) is 0 Å². The van der Waals surface area contributed by atoms with Crippen LogP contribution < -0.4 is 0 Å². The standard InChI is InChI=1S/C14H29N/c1-14(2)10-6-4-8-12-15(3)13-9-5-7-11-14/h4-13H2,1-3H3. The van der Waals surface area contributed by atoms with E-state index in [-0.39, 0.29) is 0 Å². The van der Waals surface area contributed by atoms with Crippen LogP contribution in [-0.2, 0) is 0 Å². The molecule has 1 fully saturated rings. The predicted molar refractivity (Wildman–Crippen MR) is 68.2 cm³/mol. The third-order valence-corrected chi connectivity index (χ3v) is 3.79. The molecular weight excluding hydrogens is 182 g/mol. The Morgan fingerprint density at radius 2 is 1.20 bits per heavy atom. The first-order valence-electron chi connectivity index (χ1n) is 6.79. The van der Waals surface area contributed by atoms with Crippen molar-refractivity contribution in [1.82, 2.24) is 4.90 Å². The van der Waals surface area contributed by atoms with Gasteiger partial charge in [-0.15, -0.1) is 0 Å². The molecule has 0 unspecified atom stereocenters. The predicted octanol–water partition coefficient (Wildman–Crippen LogP) is 4.08. The van der Waals surface area contributed by atoms with Crippen molar-refractivity contribution in [1.29, 1.82) is 0 Å². The fourth-order valence-corrected chi connectivity index (χ4v) is 2.56. The topological polar surface area (TPSA) is 3.24 Å². The quantitative estimate of drug-likeness (QED) is 0.583. The first-order chi connectivity index (χ1) is 7.10. The van der Waals surface area contributed by atoms with Gasteiger partial charge < -0.3 is 4.90 Å². The van der Waals surface area contributed by atoms with Crippen molar-refractivity contribution in [2.75, 3.05) is 20.1 Å². The number of rotatable bonds is 0. The highest BCUT2D eigenvalue weighted by Gasteiger charge is 2.17. The Labute approximate surface area is 96.2 Å². The summed E-state index contributed by atoms with van der Waals surface area (Å²) in [6, 6.07) is 0. The van der Waals surface area contributed by atoms with Crippen LogP contribution in [0, 0.1) is 5.41 Å². The maximum atomic E-state index is 2.51. The second kappa shape index (κ2) is 6.52. The fraction of sp³-hybridized carbons (Fsp3) is 1.00. The molecule has 90 valence electrons. The van der Waals surface area contributed by atoms with Crippen molar-refractivity contribution < 1.29 is 0 Å². The van der Waals surface area contributed by atoms with Crippen LogP contribution in [0.4, 0.5) is 0 Å². The number of nitrogens with zero attached hydrogens (tertiary/aromatic N) is 1. The molecule has 1 heterocycles. The molecule has 0 aliphatic carbocycles. The van der Waals surface area contributed by atoms with Crippen LogP contribution in [-0.4, -0.2) is 25.0 Å². The average molecular weight is 211 g/mol. The molecule has 15 heavy (non-hydrogen) atoms. The molecule has 0 aromatic rings. The SMILES string of the molecule is CN1CCCCCC(C)(C)CCCCC1. The zero-order valence-electron chi connectivity index (χ0n) is 11.0. The van der Waals surface area contributed by atoms with Gasteiger partial charge in [0, 0.05) is 0 Å². The Hall–Kier alpha value is -0.0400. The summed E-state index contributed by atoms with van der Waals surface area (Å²) in [5, 5.41) is 0. The van der Waals surface area contributed by atoms with Crippen LogP contribution in [0.2, 0.25) is 0 Å². The van der Waals surface area contributed by atoms with Gasteiger partial charge in [-0.25, -0.2) is 0 Å². The van der Waals surface area contributed by atoms with E-state index in [1.54, 1.807) is 0 Å². The smallest absolute Gasteiger partial charge is 0.00218 e. The third kappa shape index (κ3) is 6.19. The summed E-state index contributed by atoms with van der Waals surface area (Å²) in [5.74, 6) is 0. The fourth-order valence-electron chi connectivity index (χ4n) is 2.56. The summed E-state index contributed by atoms with van der Waals surface area (Å²) in [6.45, 7) is 7.51. The number of hydrogen-bond donors (Lipinski definition) is 0. The maximum Gasteiger partial charge on any atom is -0.00218 e. The highest BCUT2D eigenvalue weighted by molar-refractivity contribution is 4.69. The summed E-state index contributed by atoms with van der Waals surface area (Å²) >= 11 is 0. The van der Waals surface area contributed by atoms with Gasteiger partial charge in [0.2, 0.25) is 0 Å². The monoisotopic (exact) mass is 211 g/mol. The molecular formula is C14H29N. The van der Waals surface area contributed by atoms with Gasteiger partial charge in [0.15, 0.2) is 0 Å². The van der Waals surface area contributed by atoms with Crippen molar-refractivity contribution in [2.24, 2.45) is 5.41 Å². The molecule has 0 amide bonds. The van der Waals surface area contributed by atoms with Crippen LogP contribution in [0.15, 0.2) is 0 Å². The van der Waals surface area contributed by atoms with E-state index in [0.29, 0.717) is 5.41 Å². The van der Waals surface area contributed by atoms with E-state index >= 15 is 0 Å². The van der Waals surface area contributed by atoms with Gasteiger partial charge in [0.05, 0.1) is 0 Å². The lowest BCUT2D eigenvalue weighted by Gasteiger charge is -2.26. The molecule has 0 aromatic carbocycles. The summed E-state index contributed by atoms with van der Waals surface area (Å²) in [4.78, 5) is 2.51. The molecule has 1 nitrogen and oxygen atoms in total. The van der Waals surface area contributed by atoms with Gasteiger partial charge in [-0.3, -0.25) is 0 Å². The maximum absolute atomic E-state index is 2.51. The van der Waals surface area contributed by atoms with Gasteiger partial charge in [-0.05, 0) is 51.2 Å². The highest BCUT2D eigenvalue weighted by Crippen LogP contribution is 2.30. The lowest BCUT2D eigenvalue weighted by molar-refractivity contribution is 0.258. The van der Waals surface area contributed by atoms with E-state index in [4.69, 9.17) is 0 Å². The molecule has 1 rings (SSSR count). The Balaban J connectivity index is 2.30. The largest absolute Gasteiger partial charge is 0.306 e. The van der Waals surface area contributed by atoms with Crippen LogP contribution >= 0.6 is 0 Å². The van der Waals surface area contributed by atoms with Crippen LogP contribution in [0.1, 0.15) is 65.2 Å². The molecule has 0 N–H and O–H groups in total. The third-order valence-electron chi connectivity index (χ3n) is 3.79. The Kier molecular flexibility index (Phi) is 5.66. The van der Waals surface area contributed by atoms with Crippen LogP contribution in [0.5, 0.6) is 0 Å². The normalized spacial score (nSPS) is 26.6. The molecule has 0 bridgehead atoms. The van der Waals surface area contributed by atoms with Crippen molar-refractivity contribution in [3.05, 3.63) is 0 Å². The highest BCUT2D eigenvalue weighted by atomic mass is 15.1. The lowest BCUT2D eigenvalue weighted by Crippen LogP contribution is -2.21. The Morgan fingerprint density at radius 1 is 0.733 bits per heavy atom. The zero-order valence-corrected chi connectivity index (χ0v) is 11.0. The minimum absolute atomic E-state index is 0.602. The van der Waals surface area contributed by atoms with E-state index < -0.39 is 0 Å². The van der Waals surface area contributed by atoms with Crippen LogP contribution in [0.3, 0.4) is 0 Å². The van der Waals surface area contributed by atoms with Crippen LogP contribution in [0.25, 0.3) is 0 Å². The van der Waals surface area contributed by atoms with E-state index in [1.807, 2.05) is 0 Å². The van der Waals surface area contributed by atoms with Gasteiger partial charge >= 0.3 is 0 Å². The Morgan fingerprint density at radius 3 is 1.67 bits per heavy atom. The Bertz CT molecular complexity index is 147. The molecule has 0 radical (unpaired) electrons. The average Bonchev–Trinajstić information content (AvgIpc) is 2.14. The summed E-state index contributed by atoms with van der Waals surface area (Å²) in [5.41, 5.74) is 0.602. The van der Waals surface area contributed by atoms with Crippen molar-refractivity contribution in [3.8, 4) is 0 Å². The second-order valence-corrected chi connectivity index (χ2v) is 6.09. The van der Waals surface area contributed by atoms with Gasteiger partial charge in [0.1, 0.15) is 0 Å². The van der Waals surface area contributed by atoms with Crippen molar-refractivity contribution in [2.45, 2.75) is 65.2 Å². The zero-order chi connectivity index (χ0) is 11.1. The molecule has 1 heteroatoms. The molecule has 1 saturated heterocycles. The summed E-state index contributed by atoms with van der Waals surface area (Å²) in [7, 11) is 2.27. The van der Waals surface area contributed by atoms with E-state index in [2.05, 4.69) is 25.8 Å². The first kappa shape index (κ1) is 13.0. The summed E-state index contributed by atoms with van der Waals surface area (Å²) in [6.07, 6.45) is 11.4. The molecule has 1 aliphatic rings. The van der Waals surface area contributed by atoms with Gasteiger partial charge in [0.25, 0.3) is 0 Å². The minimum Gasteiger partial charge on any atom is -0.306 e. The van der Waals surface area contributed by atoms with Gasteiger partial charge in [-0.2, -0.15) is 0 Å². The molecule has 1 aliphatic heterocycles. The number of hydrogen-bond acceptors (Lipinski definition) is 1. The molecule has 0 spiro atoms. The second-order valence-electron chi connectivity index (χ2n) is 6.09. The van der Waals surface area contributed by atoms with E-state index in [1.165, 1.54) is 64.5 Å².